The Kier molecular flexibility index (Phi) is 10.3. The molecule has 0 amide bonds. The summed E-state index contributed by atoms with van der Waals surface area (Å²) in [6, 6.07) is 3.18. The highest BCUT2D eigenvalue weighted by Crippen LogP contribution is 1.77. The smallest absolute Gasteiger partial charge is 0.330 e. The molecule has 12 heavy (non-hydrogen) atoms. The first-order chi connectivity index (χ1) is 5.20. The summed E-state index contributed by atoms with van der Waals surface area (Å²) in [5, 5.41) is 0. The second kappa shape index (κ2) is 8.72. The van der Waals surface area contributed by atoms with Gasteiger partial charge in [-0.2, -0.15) is 0 Å². The van der Waals surface area contributed by atoms with Crippen LogP contribution < -0.4 is 5.73 Å². The fourth-order valence-corrected chi connectivity index (χ4v) is 0.844. The molecule has 0 aromatic carbocycles. The highest BCUT2D eigenvalue weighted by Gasteiger charge is 2.00. The Morgan fingerprint density at radius 3 is 2.25 bits per heavy atom. The number of halogens is 1. The van der Waals surface area contributed by atoms with E-state index in [4.69, 9.17) is 5.73 Å². The van der Waals surface area contributed by atoms with Crippen LogP contribution in [0.1, 0.15) is 13.3 Å². The van der Waals surface area contributed by atoms with Crippen molar-refractivity contribution in [3.8, 4) is 0 Å². The van der Waals surface area contributed by atoms with Crippen molar-refractivity contribution < 1.29 is 9.15 Å². The van der Waals surface area contributed by atoms with E-state index in [1.807, 2.05) is 18.7 Å². The van der Waals surface area contributed by atoms with Crippen molar-refractivity contribution in [2.45, 2.75) is 13.3 Å². The third-order valence-corrected chi connectivity index (χ3v) is 1.36. The number of nitrogens with two attached hydrogens (primary N) is 1. The summed E-state index contributed by atoms with van der Waals surface area (Å²) < 4.78 is 4.06. The average Bonchev–Trinajstić information content (AvgIpc) is 1.97. The van der Waals surface area contributed by atoms with Crippen LogP contribution in [0, 0.1) is 0 Å². The molecule has 0 radical (unpaired) electrons. The third kappa shape index (κ3) is 7.73. The highest BCUT2D eigenvalue weighted by molar-refractivity contribution is 5.85. The molecule has 0 aromatic rings. The molecule has 72 valence electrons. The topological polar surface area (TPSA) is 32.0 Å². The molecular formula is C8H20ClN3+2. The van der Waals surface area contributed by atoms with Crippen LogP contribution in [0.4, 0.5) is 0 Å². The van der Waals surface area contributed by atoms with Crippen LogP contribution in [0.2, 0.25) is 0 Å². The van der Waals surface area contributed by atoms with Gasteiger partial charge in [0.1, 0.15) is 14.1 Å². The molecular weight excluding hydrogens is 174 g/mol. The van der Waals surface area contributed by atoms with Gasteiger partial charge in [-0.15, -0.1) is 21.6 Å². The largest absolute Gasteiger partial charge is 0.476 e. The van der Waals surface area contributed by atoms with Crippen molar-refractivity contribution in [2.75, 3.05) is 33.7 Å². The second-order valence-corrected chi connectivity index (χ2v) is 2.72. The van der Waals surface area contributed by atoms with Gasteiger partial charge in [0.05, 0.1) is 0 Å². The van der Waals surface area contributed by atoms with Crippen LogP contribution in [0.3, 0.4) is 0 Å². The Balaban J connectivity index is 0. The molecule has 0 atom stereocenters. The Labute approximate surface area is 81.0 Å². The second-order valence-electron chi connectivity index (χ2n) is 2.72. The van der Waals surface area contributed by atoms with Crippen LogP contribution >= 0.6 is 12.4 Å². The van der Waals surface area contributed by atoms with Crippen molar-refractivity contribution in [2.24, 2.45) is 5.73 Å². The van der Waals surface area contributed by atoms with Crippen LogP contribution in [0.25, 0.3) is 0 Å². The maximum Gasteiger partial charge on any atom is 0.476 e. The molecule has 0 bridgehead atoms. The summed E-state index contributed by atoms with van der Waals surface area (Å²) >= 11 is 0. The lowest BCUT2D eigenvalue weighted by molar-refractivity contribution is -0.563. The van der Waals surface area contributed by atoms with E-state index in [0.717, 1.165) is 26.1 Å². The highest BCUT2D eigenvalue weighted by atomic mass is 35.5. The van der Waals surface area contributed by atoms with Crippen molar-refractivity contribution in [3.05, 3.63) is 0 Å². The molecule has 0 aliphatic heterocycles. The van der Waals surface area contributed by atoms with Gasteiger partial charge in [-0.05, 0) is 13.5 Å². The van der Waals surface area contributed by atoms with Crippen molar-refractivity contribution in [3.63, 3.8) is 0 Å². The Hall–Kier alpha value is -0.370. The number of hydrogen-bond acceptors (Lipinski definition) is 1. The van der Waals surface area contributed by atoms with E-state index in [2.05, 4.69) is 17.5 Å². The first-order valence-electron chi connectivity index (χ1n) is 4.09. The average molecular weight is 194 g/mol. The summed E-state index contributed by atoms with van der Waals surface area (Å²) in [6.07, 6.45) is 1.04. The zero-order valence-electron chi connectivity index (χ0n) is 8.21. The van der Waals surface area contributed by atoms with Crippen molar-refractivity contribution in [1.82, 2.24) is 0 Å². The summed E-state index contributed by atoms with van der Waals surface area (Å²) in [5.41, 5.74) is 5.39. The van der Waals surface area contributed by atoms with E-state index >= 15 is 0 Å². The van der Waals surface area contributed by atoms with Gasteiger partial charge < -0.3 is 5.73 Å². The first kappa shape index (κ1) is 14.2. The minimum Gasteiger partial charge on any atom is -0.330 e. The normalized spacial score (nSPS) is 8.33. The van der Waals surface area contributed by atoms with E-state index in [9.17, 15) is 0 Å². The predicted molar refractivity (Wildman–Crippen MR) is 53.7 cm³/mol. The Morgan fingerprint density at radius 2 is 1.92 bits per heavy atom. The SMILES string of the molecule is CC[N+](=C=[N+](C)C)CCCN.Cl. The molecule has 0 spiro atoms. The summed E-state index contributed by atoms with van der Waals surface area (Å²) in [7, 11) is 3.95. The van der Waals surface area contributed by atoms with E-state index in [-0.39, 0.29) is 12.4 Å². The first-order valence-corrected chi connectivity index (χ1v) is 4.09. The molecule has 0 saturated carbocycles. The standard InChI is InChI=1S/C8H19N3.ClH/c1-4-11(7-5-6-9)8-10(2)3;/h4-7,9H2,1-3H3;1H/q+2;. The number of hydrogen-bond donors (Lipinski definition) is 1. The van der Waals surface area contributed by atoms with E-state index in [1.54, 1.807) is 0 Å². The third-order valence-electron chi connectivity index (χ3n) is 1.36. The lowest BCUT2D eigenvalue weighted by Gasteiger charge is -1.91. The number of rotatable bonds is 4. The van der Waals surface area contributed by atoms with Crippen LogP contribution in [-0.4, -0.2) is 48.9 Å². The van der Waals surface area contributed by atoms with Crippen LogP contribution in [0.5, 0.6) is 0 Å². The number of nitrogens with zero attached hydrogens (tertiary/aromatic N) is 2. The lowest BCUT2D eigenvalue weighted by Crippen LogP contribution is -2.17. The molecule has 2 N–H and O–H groups in total. The van der Waals surface area contributed by atoms with Gasteiger partial charge in [-0.1, -0.05) is 0 Å². The Morgan fingerprint density at radius 1 is 1.33 bits per heavy atom. The van der Waals surface area contributed by atoms with Gasteiger partial charge in [-0.25, -0.2) is 0 Å². The van der Waals surface area contributed by atoms with E-state index in [1.165, 1.54) is 0 Å². The molecule has 0 aliphatic carbocycles. The maximum absolute atomic E-state index is 5.39. The molecule has 0 heterocycles. The fourth-order valence-electron chi connectivity index (χ4n) is 0.844. The van der Waals surface area contributed by atoms with Crippen LogP contribution in [0.15, 0.2) is 0 Å². The van der Waals surface area contributed by atoms with Gasteiger partial charge in [0.25, 0.3) is 0 Å². The van der Waals surface area contributed by atoms with E-state index in [0.29, 0.717) is 0 Å². The van der Waals surface area contributed by atoms with Crippen LogP contribution in [-0.2, 0) is 0 Å². The molecule has 3 nitrogen and oxygen atoms in total. The minimum atomic E-state index is 0. The molecule has 0 unspecified atom stereocenters. The minimum absolute atomic E-state index is 0. The van der Waals surface area contributed by atoms with Crippen molar-refractivity contribution in [1.29, 1.82) is 0 Å². The Bertz CT molecular complexity index is 167. The van der Waals surface area contributed by atoms with Gasteiger partial charge in [-0.3, -0.25) is 0 Å². The zero-order valence-corrected chi connectivity index (χ0v) is 9.02. The van der Waals surface area contributed by atoms with E-state index < -0.39 is 0 Å². The van der Waals surface area contributed by atoms with Gasteiger partial charge in [0.2, 0.25) is 0 Å². The summed E-state index contributed by atoms with van der Waals surface area (Å²) in [6.45, 7) is 4.88. The van der Waals surface area contributed by atoms with Gasteiger partial charge in [0, 0.05) is 6.42 Å². The molecule has 0 aliphatic rings. The monoisotopic (exact) mass is 193 g/mol. The molecule has 0 fully saturated rings. The maximum atomic E-state index is 5.39. The lowest BCUT2D eigenvalue weighted by atomic mass is 10.4. The molecule has 4 heteroatoms. The fraction of sp³-hybridized carbons (Fsp3) is 0.875. The summed E-state index contributed by atoms with van der Waals surface area (Å²) in [5.74, 6) is 0. The zero-order chi connectivity index (χ0) is 8.69. The molecule has 0 rings (SSSR count). The van der Waals surface area contributed by atoms with Gasteiger partial charge in [0.15, 0.2) is 13.1 Å². The summed E-state index contributed by atoms with van der Waals surface area (Å²) in [4.78, 5) is 0. The van der Waals surface area contributed by atoms with Gasteiger partial charge >= 0.3 is 6.01 Å². The molecule has 0 aromatic heterocycles. The van der Waals surface area contributed by atoms with Crippen molar-refractivity contribution >= 4 is 18.4 Å². The quantitative estimate of drug-likeness (QED) is 0.504. The predicted octanol–water partition coefficient (Wildman–Crippen LogP) is 0.235. The molecule has 0 saturated heterocycles.